The third-order valence-corrected chi connectivity index (χ3v) is 3.19. The van der Waals surface area contributed by atoms with Gasteiger partial charge in [0.05, 0.1) is 5.69 Å². The average molecular weight is 277 g/mol. The van der Waals surface area contributed by atoms with Crippen molar-refractivity contribution in [2.75, 3.05) is 5.73 Å². The SMILES string of the molecule is Nc1ccc(S(=O)(=O)O)c(N=Nc2ccccc2)c1. The smallest absolute Gasteiger partial charge is 0.296 e. The molecule has 0 bridgehead atoms. The van der Waals surface area contributed by atoms with Crippen LogP contribution in [0.3, 0.4) is 0 Å². The van der Waals surface area contributed by atoms with Crippen LogP contribution in [0.15, 0.2) is 63.7 Å². The maximum Gasteiger partial charge on any atom is 0.296 e. The molecule has 2 aromatic carbocycles. The molecule has 3 N–H and O–H groups in total. The van der Waals surface area contributed by atoms with Gasteiger partial charge in [0.1, 0.15) is 10.6 Å². The molecule has 0 saturated carbocycles. The highest BCUT2D eigenvalue weighted by atomic mass is 32.2. The molecule has 0 amide bonds. The zero-order chi connectivity index (χ0) is 13.9. The van der Waals surface area contributed by atoms with Crippen molar-refractivity contribution in [1.29, 1.82) is 0 Å². The van der Waals surface area contributed by atoms with E-state index in [1.807, 2.05) is 6.07 Å². The number of nitrogen functional groups attached to an aromatic ring is 1. The van der Waals surface area contributed by atoms with E-state index in [2.05, 4.69) is 10.2 Å². The zero-order valence-corrected chi connectivity index (χ0v) is 10.6. The summed E-state index contributed by atoms with van der Waals surface area (Å²) in [5.74, 6) is 0. The second-order valence-corrected chi connectivity index (χ2v) is 5.13. The van der Waals surface area contributed by atoms with Crippen molar-refractivity contribution < 1.29 is 13.0 Å². The van der Waals surface area contributed by atoms with E-state index in [0.717, 1.165) is 0 Å². The fourth-order valence-corrected chi connectivity index (χ4v) is 2.04. The largest absolute Gasteiger partial charge is 0.399 e. The van der Waals surface area contributed by atoms with Gasteiger partial charge in [0.2, 0.25) is 0 Å². The molecule has 98 valence electrons. The molecule has 0 radical (unpaired) electrons. The first-order valence-corrected chi connectivity index (χ1v) is 6.74. The summed E-state index contributed by atoms with van der Waals surface area (Å²) in [4.78, 5) is -0.332. The molecule has 0 aliphatic heterocycles. The number of anilines is 1. The zero-order valence-electron chi connectivity index (χ0n) is 9.76. The molecule has 2 aromatic rings. The summed E-state index contributed by atoms with van der Waals surface area (Å²) in [6, 6.07) is 12.7. The van der Waals surface area contributed by atoms with Crippen molar-refractivity contribution in [3.63, 3.8) is 0 Å². The number of hydrogen-bond donors (Lipinski definition) is 2. The fourth-order valence-electron chi connectivity index (χ4n) is 1.44. The van der Waals surface area contributed by atoms with Gasteiger partial charge in [-0.25, -0.2) is 0 Å². The Balaban J connectivity index is 2.45. The summed E-state index contributed by atoms with van der Waals surface area (Å²) >= 11 is 0. The topological polar surface area (TPSA) is 105 Å². The minimum atomic E-state index is -4.36. The van der Waals surface area contributed by atoms with E-state index >= 15 is 0 Å². The van der Waals surface area contributed by atoms with Crippen LogP contribution in [0.4, 0.5) is 17.1 Å². The van der Waals surface area contributed by atoms with Gasteiger partial charge in [-0.05, 0) is 30.3 Å². The lowest BCUT2D eigenvalue weighted by Crippen LogP contribution is -1.99. The van der Waals surface area contributed by atoms with Crippen LogP contribution in [-0.2, 0) is 10.1 Å². The van der Waals surface area contributed by atoms with E-state index < -0.39 is 10.1 Å². The first-order chi connectivity index (χ1) is 8.97. The van der Waals surface area contributed by atoms with Gasteiger partial charge < -0.3 is 5.73 Å². The van der Waals surface area contributed by atoms with Crippen molar-refractivity contribution >= 4 is 27.2 Å². The monoisotopic (exact) mass is 277 g/mol. The van der Waals surface area contributed by atoms with Crippen LogP contribution < -0.4 is 5.73 Å². The molecule has 0 fully saturated rings. The van der Waals surface area contributed by atoms with Crippen molar-refractivity contribution in [3.8, 4) is 0 Å². The Morgan fingerprint density at radius 2 is 1.68 bits per heavy atom. The number of azo groups is 1. The van der Waals surface area contributed by atoms with Crippen LogP contribution >= 0.6 is 0 Å². The van der Waals surface area contributed by atoms with Crippen LogP contribution in [0, 0.1) is 0 Å². The van der Waals surface area contributed by atoms with Gasteiger partial charge in [-0.3, -0.25) is 4.55 Å². The summed E-state index contributed by atoms with van der Waals surface area (Å²) in [7, 11) is -4.36. The minimum Gasteiger partial charge on any atom is -0.399 e. The minimum absolute atomic E-state index is 0.00801. The van der Waals surface area contributed by atoms with E-state index in [1.165, 1.54) is 18.2 Å². The Hall–Kier alpha value is -2.25. The lowest BCUT2D eigenvalue weighted by atomic mass is 10.3. The molecule has 2 rings (SSSR count). The van der Waals surface area contributed by atoms with Crippen LogP contribution in [0.1, 0.15) is 0 Å². The van der Waals surface area contributed by atoms with Crippen molar-refractivity contribution in [1.82, 2.24) is 0 Å². The molecular weight excluding hydrogens is 266 g/mol. The number of nitrogens with two attached hydrogens (primary N) is 1. The second kappa shape index (κ2) is 5.17. The molecule has 0 aliphatic carbocycles. The van der Waals surface area contributed by atoms with Crippen LogP contribution in [0.2, 0.25) is 0 Å². The van der Waals surface area contributed by atoms with Gasteiger partial charge in [-0.15, -0.1) is 5.11 Å². The van der Waals surface area contributed by atoms with Crippen molar-refractivity contribution in [3.05, 3.63) is 48.5 Å². The Kier molecular flexibility index (Phi) is 3.59. The Morgan fingerprint density at radius 3 is 2.32 bits per heavy atom. The summed E-state index contributed by atoms with van der Waals surface area (Å²) in [6.07, 6.45) is 0. The third kappa shape index (κ3) is 3.36. The molecule has 0 unspecified atom stereocenters. The summed E-state index contributed by atoms with van der Waals surface area (Å²) < 4.78 is 31.5. The Labute approximate surface area is 110 Å². The lowest BCUT2D eigenvalue weighted by molar-refractivity contribution is 0.483. The van der Waals surface area contributed by atoms with Gasteiger partial charge in [0, 0.05) is 5.69 Å². The summed E-state index contributed by atoms with van der Waals surface area (Å²) in [5, 5.41) is 7.70. The molecule has 0 heterocycles. The second-order valence-electron chi connectivity index (χ2n) is 3.74. The Bertz CT molecular complexity index is 712. The molecule has 0 aliphatic rings. The van der Waals surface area contributed by atoms with Crippen molar-refractivity contribution in [2.45, 2.75) is 4.90 Å². The highest BCUT2D eigenvalue weighted by molar-refractivity contribution is 7.86. The molecule has 0 atom stereocenters. The normalized spacial score (nSPS) is 11.8. The van der Waals surface area contributed by atoms with Gasteiger partial charge in [-0.2, -0.15) is 13.5 Å². The quantitative estimate of drug-likeness (QED) is 0.511. The number of benzene rings is 2. The molecule has 7 heteroatoms. The maximum absolute atomic E-state index is 11.2. The average Bonchev–Trinajstić information content (AvgIpc) is 2.36. The molecule has 0 aromatic heterocycles. The van der Waals surface area contributed by atoms with E-state index in [1.54, 1.807) is 24.3 Å². The van der Waals surface area contributed by atoms with E-state index in [9.17, 15) is 8.42 Å². The fraction of sp³-hybridized carbons (Fsp3) is 0. The number of hydrogen-bond acceptors (Lipinski definition) is 5. The van der Waals surface area contributed by atoms with Gasteiger partial charge in [0.15, 0.2) is 0 Å². The predicted molar refractivity (Wildman–Crippen MR) is 71.3 cm³/mol. The lowest BCUT2D eigenvalue weighted by Gasteiger charge is -2.02. The first-order valence-electron chi connectivity index (χ1n) is 5.30. The van der Waals surface area contributed by atoms with E-state index in [-0.39, 0.29) is 10.6 Å². The predicted octanol–water partition coefficient (Wildman–Crippen LogP) is 2.93. The third-order valence-electron chi connectivity index (χ3n) is 2.29. The number of rotatable bonds is 3. The first kappa shape index (κ1) is 13.2. The summed E-state index contributed by atoms with van der Waals surface area (Å²) in [5.41, 5.74) is 6.44. The van der Waals surface area contributed by atoms with Crippen LogP contribution in [-0.4, -0.2) is 13.0 Å². The maximum atomic E-state index is 11.2. The highest BCUT2D eigenvalue weighted by Gasteiger charge is 2.15. The molecule has 6 nitrogen and oxygen atoms in total. The van der Waals surface area contributed by atoms with Crippen LogP contribution in [0.5, 0.6) is 0 Å². The van der Waals surface area contributed by atoms with Gasteiger partial charge in [-0.1, -0.05) is 18.2 Å². The van der Waals surface area contributed by atoms with E-state index in [4.69, 9.17) is 10.3 Å². The molecule has 19 heavy (non-hydrogen) atoms. The standard InChI is InChI=1S/C12H11N3O3S/c13-9-6-7-12(19(16,17)18)11(8-9)15-14-10-4-2-1-3-5-10/h1-8H,13H2,(H,16,17,18). The molecule has 0 saturated heterocycles. The Morgan fingerprint density at radius 1 is 1.00 bits per heavy atom. The van der Waals surface area contributed by atoms with Crippen LogP contribution in [0.25, 0.3) is 0 Å². The van der Waals surface area contributed by atoms with Crippen molar-refractivity contribution in [2.24, 2.45) is 10.2 Å². The molecule has 0 spiro atoms. The van der Waals surface area contributed by atoms with Gasteiger partial charge in [0.25, 0.3) is 10.1 Å². The summed E-state index contributed by atoms with van der Waals surface area (Å²) in [6.45, 7) is 0. The highest BCUT2D eigenvalue weighted by Crippen LogP contribution is 2.28. The van der Waals surface area contributed by atoms with Gasteiger partial charge >= 0.3 is 0 Å². The number of nitrogens with zero attached hydrogens (tertiary/aromatic N) is 2. The van der Waals surface area contributed by atoms with E-state index in [0.29, 0.717) is 11.4 Å². The molecular formula is C12H11N3O3S.